The van der Waals surface area contributed by atoms with Crippen LogP contribution in [0, 0.1) is 0 Å². The van der Waals surface area contributed by atoms with Crippen molar-refractivity contribution in [2.75, 3.05) is 0 Å². The van der Waals surface area contributed by atoms with Crippen LogP contribution in [0.5, 0.6) is 0 Å². The van der Waals surface area contributed by atoms with Crippen LogP contribution in [-0.4, -0.2) is 13.1 Å². The fourth-order valence-corrected chi connectivity index (χ4v) is 0.552. The smallest absolute Gasteiger partial charge is 0.0714 e. The minimum atomic E-state index is 0.267. The molecule has 0 aliphatic carbocycles. The summed E-state index contributed by atoms with van der Waals surface area (Å²) in [5.74, 6) is 0.267. The predicted molar refractivity (Wildman–Crippen MR) is 38.2 cm³/mol. The molecule has 2 heteroatoms. The lowest BCUT2D eigenvalue weighted by Crippen LogP contribution is -2.01. The van der Waals surface area contributed by atoms with Gasteiger partial charge in [0.1, 0.15) is 0 Å². The van der Waals surface area contributed by atoms with E-state index in [1.54, 1.807) is 0 Å². The molecule has 2 unspecified atom stereocenters. The summed E-state index contributed by atoms with van der Waals surface area (Å²) >= 11 is 4.15. The van der Waals surface area contributed by atoms with Crippen LogP contribution in [0.1, 0.15) is 20.3 Å². The quantitative estimate of drug-likeness (QED) is 0.409. The van der Waals surface area contributed by atoms with Gasteiger partial charge in [-0.1, -0.05) is 26.1 Å². The highest BCUT2D eigenvalue weighted by Gasteiger charge is 2.01. The molecule has 0 aromatic heterocycles. The molecule has 2 atom stereocenters. The van der Waals surface area contributed by atoms with Gasteiger partial charge in [-0.15, -0.1) is 0 Å². The van der Waals surface area contributed by atoms with E-state index in [2.05, 4.69) is 19.6 Å². The first-order valence-electron chi connectivity index (χ1n) is 2.62. The van der Waals surface area contributed by atoms with Crippen LogP contribution in [0.2, 0.25) is 5.82 Å². The van der Waals surface area contributed by atoms with Gasteiger partial charge >= 0.3 is 0 Å². The summed E-state index contributed by atoms with van der Waals surface area (Å²) in [4.78, 5) is 0. The summed E-state index contributed by atoms with van der Waals surface area (Å²) in [7, 11) is 5.54. The molecular formula is C5H11BS. The van der Waals surface area contributed by atoms with Gasteiger partial charge < -0.3 is 0 Å². The zero-order valence-corrected chi connectivity index (χ0v) is 5.78. The van der Waals surface area contributed by atoms with Gasteiger partial charge in [0.15, 0.2) is 0 Å². The molecule has 0 nitrogen and oxygen atoms in total. The summed E-state index contributed by atoms with van der Waals surface area (Å²) < 4.78 is 0. The van der Waals surface area contributed by atoms with Crippen molar-refractivity contribution in [2.24, 2.45) is 0 Å². The number of hydrogen-bond donors (Lipinski definition) is 1. The Balaban J connectivity index is 3.14. The third-order valence-corrected chi connectivity index (χ3v) is 1.47. The molecule has 0 spiro atoms. The highest BCUT2D eigenvalue weighted by molar-refractivity contribution is 7.81. The fraction of sp³-hybridized carbons (Fsp3) is 1.00. The zero-order valence-electron chi connectivity index (χ0n) is 4.89. The number of hydrogen-bond acceptors (Lipinski definition) is 1. The molecule has 0 aliphatic rings. The minimum absolute atomic E-state index is 0.267. The van der Waals surface area contributed by atoms with Gasteiger partial charge in [-0.2, -0.15) is 12.6 Å². The van der Waals surface area contributed by atoms with Crippen molar-refractivity contribution in [1.29, 1.82) is 0 Å². The van der Waals surface area contributed by atoms with Crippen molar-refractivity contribution in [3.63, 3.8) is 0 Å². The summed E-state index contributed by atoms with van der Waals surface area (Å²) in [6.45, 7) is 4.08. The van der Waals surface area contributed by atoms with Crippen molar-refractivity contribution in [3.05, 3.63) is 0 Å². The Morgan fingerprint density at radius 1 is 1.71 bits per heavy atom. The second-order valence-corrected chi connectivity index (χ2v) is 2.63. The monoisotopic (exact) mass is 114 g/mol. The molecule has 2 radical (unpaired) electrons. The topological polar surface area (TPSA) is 0 Å². The van der Waals surface area contributed by atoms with E-state index in [-0.39, 0.29) is 5.82 Å². The normalized spacial score (nSPS) is 18.7. The van der Waals surface area contributed by atoms with Crippen LogP contribution < -0.4 is 0 Å². The summed E-state index contributed by atoms with van der Waals surface area (Å²) in [6.07, 6.45) is 1.02. The summed E-state index contributed by atoms with van der Waals surface area (Å²) in [5.41, 5.74) is 0. The molecule has 0 bridgehead atoms. The standard InChI is InChI=1S/C5H11BS/c1-3-5(6)4(2)7/h4-5,7H,3H2,1-2H3. The molecule has 40 valence electrons. The maximum absolute atomic E-state index is 5.54. The molecule has 0 saturated heterocycles. The van der Waals surface area contributed by atoms with Crippen molar-refractivity contribution < 1.29 is 0 Å². The van der Waals surface area contributed by atoms with Crippen LogP contribution in [0.4, 0.5) is 0 Å². The van der Waals surface area contributed by atoms with E-state index >= 15 is 0 Å². The maximum atomic E-state index is 5.54. The van der Waals surface area contributed by atoms with Crippen molar-refractivity contribution in [3.8, 4) is 0 Å². The largest absolute Gasteiger partial charge is 0.177 e. The average molecular weight is 114 g/mol. The predicted octanol–water partition coefficient (Wildman–Crippen LogP) is 1.67. The van der Waals surface area contributed by atoms with E-state index in [9.17, 15) is 0 Å². The molecule has 0 heterocycles. The lowest BCUT2D eigenvalue weighted by molar-refractivity contribution is 0.787. The third kappa shape index (κ3) is 3.04. The van der Waals surface area contributed by atoms with Crippen molar-refractivity contribution >= 4 is 20.5 Å². The second-order valence-electron chi connectivity index (χ2n) is 1.81. The Morgan fingerprint density at radius 2 is 2.14 bits per heavy atom. The molecule has 0 fully saturated rings. The van der Waals surface area contributed by atoms with Crippen LogP contribution in [0.3, 0.4) is 0 Å². The van der Waals surface area contributed by atoms with Gasteiger partial charge in [0.2, 0.25) is 0 Å². The first kappa shape index (κ1) is 7.41. The molecule has 0 saturated carbocycles. The van der Waals surface area contributed by atoms with Gasteiger partial charge in [-0.05, 0) is 5.25 Å². The van der Waals surface area contributed by atoms with E-state index in [0.717, 1.165) is 6.42 Å². The average Bonchev–Trinajstić information content (AvgIpc) is 1.65. The summed E-state index contributed by atoms with van der Waals surface area (Å²) in [6, 6.07) is 0. The zero-order chi connectivity index (χ0) is 5.86. The second kappa shape index (κ2) is 3.42. The molecule has 0 aliphatic heterocycles. The van der Waals surface area contributed by atoms with E-state index in [0.29, 0.717) is 5.25 Å². The Bertz CT molecular complexity index is 45.3. The van der Waals surface area contributed by atoms with Crippen molar-refractivity contribution in [1.82, 2.24) is 0 Å². The van der Waals surface area contributed by atoms with Gasteiger partial charge in [-0.3, -0.25) is 0 Å². The Kier molecular flexibility index (Phi) is 3.62. The Morgan fingerprint density at radius 3 is 2.14 bits per heavy atom. The van der Waals surface area contributed by atoms with E-state index in [1.165, 1.54) is 0 Å². The first-order chi connectivity index (χ1) is 3.18. The first-order valence-corrected chi connectivity index (χ1v) is 3.13. The SMILES string of the molecule is [B]C(CC)C(C)S. The number of thiol groups is 1. The maximum Gasteiger partial charge on any atom is 0.0714 e. The van der Waals surface area contributed by atoms with E-state index in [4.69, 9.17) is 7.85 Å². The van der Waals surface area contributed by atoms with E-state index in [1.807, 2.05) is 6.92 Å². The highest BCUT2D eigenvalue weighted by atomic mass is 32.1. The molecule has 0 N–H and O–H groups in total. The molecule has 0 amide bonds. The van der Waals surface area contributed by atoms with Crippen LogP contribution >= 0.6 is 12.6 Å². The molecule has 0 aromatic rings. The molecule has 7 heavy (non-hydrogen) atoms. The third-order valence-electron chi connectivity index (χ3n) is 1.09. The Hall–Kier alpha value is 0.415. The van der Waals surface area contributed by atoms with Crippen LogP contribution in [-0.2, 0) is 0 Å². The molecule has 0 aromatic carbocycles. The Labute approximate surface area is 52.5 Å². The lowest BCUT2D eigenvalue weighted by atomic mass is 9.83. The van der Waals surface area contributed by atoms with Crippen LogP contribution in [0.15, 0.2) is 0 Å². The minimum Gasteiger partial charge on any atom is -0.177 e. The molecule has 0 rings (SSSR count). The van der Waals surface area contributed by atoms with Gasteiger partial charge in [0, 0.05) is 0 Å². The molecular weight excluding hydrogens is 103 g/mol. The van der Waals surface area contributed by atoms with Gasteiger partial charge in [0.05, 0.1) is 7.85 Å². The highest BCUT2D eigenvalue weighted by Crippen LogP contribution is 2.14. The summed E-state index contributed by atoms with van der Waals surface area (Å²) in [5, 5.41) is 0.338. The van der Waals surface area contributed by atoms with Gasteiger partial charge in [-0.25, -0.2) is 0 Å². The van der Waals surface area contributed by atoms with Gasteiger partial charge in [0.25, 0.3) is 0 Å². The lowest BCUT2D eigenvalue weighted by Gasteiger charge is -2.10. The van der Waals surface area contributed by atoms with E-state index < -0.39 is 0 Å². The number of rotatable bonds is 2. The van der Waals surface area contributed by atoms with Crippen LogP contribution in [0.25, 0.3) is 0 Å². The fourth-order valence-electron chi connectivity index (χ4n) is 0.341. The van der Waals surface area contributed by atoms with Crippen molar-refractivity contribution in [2.45, 2.75) is 31.3 Å².